The van der Waals surface area contributed by atoms with E-state index in [0.717, 1.165) is 10.5 Å². The van der Waals surface area contributed by atoms with Crippen LogP contribution in [0.2, 0.25) is 0 Å². The number of hydrogen-bond donors (Lipinski definition) is 0. The molecule has 22 heavy (non-hydrogen) atoms. The van der Waals surface area contributed by atoms with Gasteiger partial charge in [-0.1, -0.05) is 6.07 Å². The van der Waals surface area contributed by atoms with Crippen LogP contribution in [0.25, 0.3) is 20.8 Å². The summed E-state index contributed by atoms with van der Waals surface area (Å²) in [6, 6.07) is 6.46. The predicted octanol–water partition coefficient (Wildman–Crippen LogP) is 6.23. The molecule has 0 radical (unpaired) electrons. The lowest BCUT2D eigenvalue weighted by Crippen LogP contribution is -1.99. The van der Waals surface area contributed by atoms with E-state index in [0.29, 0.717) is 0 Å². The van der Waals surface area contributed by atoms with Crippen molar-refractivity contribution in [3.05, 3.63) is 46.0 Å². The second-order valence-corrected chi connectivity index (χ2v) is 7.70. The Morgan fingerprint density at radius 1 is 0.864 bits per heavy atom. The van der Waals surface area contributed by atoms with Crippen molar-refractivity contribution in [1.82, 2.24) is 4.98 Å². The first kappa shape index (κ1) is 15.6. The summed E-state index contributed by atoms with van der Waals surface area (Å²) >= 11 is 3.58. The van der Waals surface area contributed by atoms with Gasteiger partial charge in [0.15, 0.2) is 0 Å². The van der Waals surface area contributed by atoms with Gasteiger partial charge in [0.2, 0.25) is 0 Å². The predicted molar refractivity (Wildman–Crippen MR) is 101 cm³/mol. The molecule has 0 aliphatic carbocycles. The minimum atomic E-state index is 1.14. The zero-order chi connectivity index (χ0) is 16.0. The van der Waals surface area contributed by atoms with E-state index in [4.69, 9.17) is 4.98 Å². The number of para-hydroxylation sites is 1. The number of thiazole rings is 1. The van der Waals surface area contributed by atoms with Crippen molar-refractivity contribution in [3.63, 3.8) is 0 Å². The van der Waals surface area contributed by atoms with Crippen molar-refractivity contribution < 1.29 is 0 Å². The number of thioether (sulfide) groups is 1. The zero-order valence-corrected chi connectivity index (χ0v) is 15.6. The Morgan fingerprint density at radius 3 is 2.05 bits per heavy atom. The molecule has 0 saturated heterocycles. The van der Waals surface area contributed by atoms with Gasteiger partial charge in [-0.25, -0.2) is 4.98 Å². The Morgan fingerprint density at radius 2 is 1.45 bits per heavy atom. The Bertz CT molecular complexity index is 846. The minimum Gasteiger partial charge on any atom is -0.235 e. The lowest BCUT2D eigenvalue weighted by Gasteiger charge is -2.17. The number of fused-ring (bicyclic) bond motifs is 1. The van der Waals surface area contributed by atoms with Crippen LogP contribution in [0.3, 0.4) is 0 Å². The quantitative estimate of drug-likeness (QED) is 0.518. The number of benzene rings is 2. The minimum absolute atomic E-state index is 1.14. The van der Waals surface area contributed by atoms with Gasteiger partial charge in [0.1, 0.15) is 5.01 Å². The van der Waals surface area contributed by atoms with Crippen LogP contribution in [-0.4, -0.2) is 11.2 Å². The van der Waals surface area contributed by atoms with E-state index in [1.165, 1.54) is 43.0 Å². The monoisotopic (exact) mass is 327 g/mol. The fraction of sp³-hybridized carbons (Fsp3) is 0.316. The van der Waals surface area contributed by atoms with Crippen LogP contribution in [0.4, 0.5) is 0 Å². The van der Waals surface area contributed by atoms with Crippen LogP contribution in [0.15, 0.2) is 23.1 Å². The van der Waals surface area contributed by atoms with Crippen LogP contribution in [0.5, 0.6) is 0 Å². The molecule has 1 aromatic heterocycles. The number of rotatable bonds is 2. The molecule has 0 aliphatic rings. The van der Waals surface area contributed by atoms with Gasteiger partial charge in [-0.2, -0.15) is 0 Å². The highest BCUT2D eigenvalue weighted by atomic mass is 32.2. The first-order chi connectivity index (χ1) is 10.5. The van der Waals surface area contributed by atoms with Gasteiger partial charge in [0.05, 0.1) is 10.2 Å². The summed E-state index contributed by atoms with van der Waals surface area (Å²) in [4.78, 5) is 6.25. The summed E-state index contributed by atoms with van der Waals surface area (Å²) in [5.74, 6) is 0. The lowest BCUT2D eigenvalue weighted by molar-refractivity contribution is 1.17. The zero-order valence-electron chi connectivity index (χ0n) is 14.0. The van der Waals surface area contributed by atoms with E-state index in [-0.39, 0.29) is 0 Å². The van der Waals surface area contributed by atoms with E-state index < -0.39 is 0 Å². The maximum Gasteiger partial charge on any atom is 0.125 e. The standard InChI is InChI=1S/C19H21NS2/c1-10-11(2)13(4)17(14(5)12(10)3)19-20-18-15(21-6)8-7-9-16(18)22-19/h7-9H,1-6H3. The number of hydrogen-bond acceptors (Lipinski definition) is 3. The molecule has 2 aromatic carbocycles. The molecule has 0 atom stereocenters. The van der Waals surface area contributed by atoms with Crippen molar-refractivity contribution in [2.24, 2.45) is 0 Å². The molecule has 0 bridgehead atoms. The van der Waals surface area contributed by atoms with E-state index in [2.05, 4.69) is 59.1 Å². The van der Waals surface area contributed by atoms with Gasteiger partial charge < -0.3 is 0 Å². The summed E-state index contributed by atoms with van der Waals surface area (Å²) in [6.45, 7) is 11.1. The Kier molecular flexibility index (Phi) is 4.04. The molecule has 3 heteroatoms. The van der Waals surface area contributed by atoms with E-state index in [1.54, 1.807) is 11.8 Å². The summed E-state index contributed by atoms with van der Waals surface area (Å²) in [7, 11) is 0. The molecule has 0 saturated carbocycles. The third-order valence-electron chi connectivity index (χ3n) is 4.82. The normalized spacial score (nSPS) is 11.4. The van der Waals surface area contributed by atoms with Gasteiger partial charge >= 0.3 is 0 Å². The molecule has 0 N–H and O–H groups in total. The average Bonchev–Trinajstić information content (AvgIpc) is 2.94. The van der Waals surface area contributed by atoms with Crippen molar-refractivity contribution >= 4 is 33.3 Å². The van der Waals surface area contributed by atoms with Crippen molar-refractivity contribution in [3.8, 4) is 10.6 Å². The molecule has 0 aliphatic heterocycles. The molecule has 0 amide bonds. The maximum absolute atomic E-state index is 4.98. The molecule has 114 valence electrons. The van der Waals surface area contributed by atoms with Crippen LogP contribution in [0, 0.1) is 34.6 Å². The summed E-state index contributed by atoms with van der Waals surface area (Å²) < 4.78 is 1.27. The third kappa shape index (κ3) is 2.27. The van der Waals surface area contributed by atoms with Crippen molar-refractivity contribution in [2.45, 2.75) is 39.5 Å². The summed E-state index contributed by atoms with van der Waals surface area (Å²) in [6.07, 6.45) is 2.12. The van der Waals surface area contributed by atoms with E-state index in [1.807, 2.05) is 11.3 Å². The molecule has 1 heterocycles. The van der Waals surface area contributed by atoms with Gasteiger partial charge in [0.25, 0.3) is 0 Å². The van der Waals surface area contributed by atoms with E-state index in [9.17, 15) is 0 Å². The SMILES string of the molecule is CSc1cccc2sc(-c3c(C)c(C)c(C)c(C)c3C)nc12. The topological polar surface area (TPSA) is 12.9 Å². The smallest absolute Gasteiger partial charge is 0.125 e. The van der Waals surface area contributed by atoms with Crippen LogP contribution < -0.4 is 0 Å². The van der Waals surface area contributed by atoms with Crippen LogP contribution >= 0.6 is 23.1 Å². The number of aromatic nitrogens is 1. The molecule has 3 rings (SSSR count). The van der Waals surface area contributed by atoms with E-state index >= 15 is 0 Å². The fourth-order valence-corrected chi connectivity index (χ4v) is 4.80. The second kappa shape index (κ2) is 5.71. The van der Waals surface area contributed by atoms with Gasteiger partial charge in [-0.15, -0.1) is 23.1 Å². The molecule has 0 fully saturated rings. The highest BCUT2D eigenvalue weighted by molar-refractivity contribution is 7.98. The molecule has 0 unspecified atom stereocenters. The second-order valence-electron chi connectivity index (χ2n) is 5.83. The van der Waals surface area contributed by atoms with Crippen molar-refractivity contribution in [2.75, 3.05) is 6.26 Å². The van der Waals surface area contributed by atoms with Crippen molar-refractivity contribution in [1.29, 1.82) is 0 Å². The van der Waals surface area contributed by atoms with Gasteiger partial charge in [0, 0.05) is 10.5 Å². The molecule has 3 aromatic rings. The van der Waals surface area contributed by atoms with Gasteiger partial charge in [-0.05, 0) is 80.8 Å². The molecule has 1 nitrogen and oxygen atoms in total. The molecular formula is C19H21NS2. The Hall–Kier alpha value is -1.32. The first-order valence-electron chi connectivity index (χ1n) is 7.46. The number of nitrogens with zero attached hydrogens (tertiary/aromatic N) is 1. The van der Waals surface area contributed by atoms with Crippen LogP contribution in [0.1, 0.15) is 27.8 Å². The Balaban J connectivity index is 2.33. The average molecular weight is 328 g/mol. The van der Waals surface area contributed by atoms with Crippen LogP contribution in [-0.2, 0) is 0 Å². The largest absolute Gasteiger partial charge is 0.235 e. The van der Waals surface area contributed by atoms with Gasteiger partial charge in [-0.3, -0.25) is 0 Å². The summed E-state index contributed by atoms with van der Waals surface area (Å²) in [5.41, 5.74) is 9.39. The third-order valence-corrected chi connectivity index (χ3v) is 6.62. The highest BCUT2D eigenvalue weighted by Crippen LogP contribution is 2.39. The molecular weight excluding hydrogens is 306 g/mol. The maximum atomic E-state index is 4.98. The lowest BCUT2D eigenvalue weighted by atomic mass is 9.90. The Labute approximate surface area is 140 Å². The first-order valence-corrected chi connectivity index (χ1v) is 9.50. The fourth-order valence-electron chi connectivity index (χ4n) is 3.02. The summed E-state index contributed by atoms with van der Waals surface area (Å²) in [5, 5.41) is 1.15. The molecule has 0 spiro atoms. The highest BCUT2D eigenvalue weighted by Gasteiger charge is 2.17.